The third-order valence-corrected chi connectivity index (χ3v) is 5.12. The molecule has 3 rings (SSSR count). The van der Waals surface area contributed by atoms with Gasteiger partial charge in [-0.1, -0.05) is 24.3 Å². The highest BCUT2D eigenvalue weighted by atomic mass is 19.4. The molecule has 2 aromatic rings. The number of amides is 2. The van der Waals surface area contributed by atoms with Crippen LogP contribution < -0.4 is 14.8 Å². The molecule has 0 unspecified atom stereocenters. The summed E-state index contributed by atoms with van der Waals surface area (Å²) in [4.78, 5) is 26.3. The topological polar surface area (TPSA) is 67.9 Å². The maximum atomic E-state index is 13.2. The molecule has 0 bridgehead atoms. The van der Waals surface area contributed by atoms with Crippen molar-refractivity contribution in [3.63, 3.8) is 0 Å². The van der Waals surface area contributed by atoms with Crippen LogP contribution in [0.15, 0.2) is 48.5 Å². The Kier molecular flexibility index (Phi) is 7.61. The van der Waals surface area contributed by atoms with E-state index >= 15 is 0 Å². The Morgan fingerprint density at radius 1 is 1.00 bits per heavy atom. The summed E-state index contributed by atoms with van der Waals surface area (Å²) in [5.41, 5.74) is -1.30. The summed E-state index contributed by atoms with van der Waals surface area (Å²) in [5, 5.41) is 2.85. The summed E-state index contributed by atoms with van der Waals surface area (Å²) in [7, 11) is 0. The molecule has 0 radical (unpaired) electrons. The number of ether oxygens (including phenoxy) is 2. The molecule has 1 aliphatic rings. The van der Waals surface area contributed by atoms with E-state index in [9.17, 15) is 22.8 Å². The fraction of sp³-hybridized carbons (Fsp3) is 0.391. The predicted molar refractivity (Wildman–Crippen MR) is 112 cm³/mol. The Balaban J connectivity index is 1.50. The zero-order valence-corrected chi connectivity index (χ0v) is 17.7. The van der Waals surface area contributed by atoms with Crippen molar-refractivity contribution in [2.75, 3.05) is 26.3 Å². The minimum Gasteiger partial charge on any atom is -0.490 e. The van der Waals surface area contributed by atoms with Gasteiger partial charge in [0.25, 0.3) is 11.8 Å². The summed E-state index contributed by atoms with van der Waals surface area (Å²) in [6.45, 7) is 2.63. The van der Waals surface area contributed by atoms with Gasteiger partial charge in [-0.15, -0.1) is 0 Å². The molecule has 172 valence electrons. The average Bonchev–Trinajstić information content (AvgIpc) is 2.78. The van der Waals surface area contributed by atoms with Crippen molar-refractivity contribution >= 4 is 11.8 Å². The van der Waals surface area contributed by atoms with Crippen molar-refractivity contribution in [3.8, 4) is 11.5 Å². The molecule has 0 aromatic heterocycles. The van der Waals surface area contributed by atoms with Gasteiger partial charge in [-0.2, -0.15) is 13.2 Å². The van der Waals surface area contributed by atoms with E-state index in [2.05, 4.69) is 5.32 Å². The van der Waals surface area contributed by atoms with Gasteiger partial charge in [0.2, 0.25) is 0 Å². The van der Waals surface area contributed by atoms with Crippen molar-refractivity contribution in [2.45, 2.75) is 32.0 Å². The minimum atomic E-state index is -4.60. The van der Waals surface area contributed by atoms with Gasteiger partial charge < -0.3 is 19.7 Å². The van der Waals surface area contributed by atoms with Crippen molar-refractivity contribution in [3.05, 3.63) is 59.7 Å². The van der Waals surface area contributed by atoms with Crippen LogP contribution in [-0.2, 0) is 11.0 Å². The number of hydrogen-bond acceptors (Lipinski definition) is 4. The number of nitrogens with zero attached hydrogens (tertiary/aromatic N) is 1. The summed E-state index contributed by atoms with van der Waals surface area (Å²) < 4.78 is 50.6. The standard InChI is InChI=1S/C23H25F3N2O4/c1-2-31-19-9-5-6-10-20(19)32-15-21(29)27-16-11-13-28(14-12-16)22(30)17-7-3-4-8-18(17)23(24,25)26/h3-10,16H,2,11-15H2,1H3,(H,27,29). The van der Waals surface area contributed by atoms with Crippen LogP contribution in [0.25, 0.3) is 0 Å². The van der Waals surface area contributed by atoms with Gasteiger partial charge in [0, 0.05) is 19.1 Å². The van der Waals surface area contributed by atoms with Crippen LogP contribution >= 0.6 is 0 Å². The molecule has 1 heterocycles. The molecule has 2 aromatic carbocycles. The molecule has 0 saturated carbocycles. The van der Waals surface area contributed by atoms with E-state index in [4.69, 9.17) is 9.47 Å². The van der Waals surface area contributed by atoms with Crippen LogP contribution in [0, 0.1) is 0 Å². The van der Waals surface area contributed by atoms with Gasteiger partial charge in [0.15, 0.2) is 18.1 Å². The summed E-state index contributed by atoms with van der Waals surface area (Å²) in [6, 6.07) is 11.6. The lowest BCUT2D eigenvalue weighted by molar-refractivity contribution is -0.138. The Labute approximate surface area is 184 Å². The molecule has 1 aliphatic heterocycles. The molecule has 0 spiro atoms. The molecule has 1 saturated heterocycles. The maximum absolute atomic E-state index is 13.2. The Morgan fingerprint density at radius 3 is 2.22 bits per heavy atom. The Morgan fingerprint density at radius 2 is 1.59 bits per heavy atom. The summed E-state index contributed by atoms with van der Waals surface area (Å²) >= 11 is 0. The molecule has 1 fully saturated rings. The smallest absolute Gasteiger partial charge is 0.417 e. The quantitative estimate of drug-likeness (QED) is 0.695. The van der Waals surface area contributed by atoms with E-state index < -0.39 is 17.6 Å². The second-order valence-corrected chi connectivity index (χ2v) is 7.35. The highest BCUT2D eigenvalue weighted by molar-refractivity contribution is 5.96. The zero-order valence-electron chi connectivity index (χ0n) is 17.7. The van der Waals surface area contributed by atoms with Crippen molar-refractivity contribution in [1.82, 2.24) is 10.2 Å². The first-order valence-corrected chi connectivity index (χ1v) is 10.4. The second kappa shape index (κ2) is 10.4. The monoisotopic (exact) mass is 450 g/mol. The number of benzene rings is 2. The molecular formula is C23H25F3N2O4. The van der Waals surface area contributed by atoms with Crippen LogP contribution in [0.3, 0.4) is 0 Å². The largest absolute Gasteiger partial charge is 0.490 e. The van der Waals surface area contributed by atoms with Crippen molar-refractivity contribution in [2.24, 2.45) is 0 Å². The number of likely N-dealkylation sites (tertiary alicyclic amines) is 1. The minimum absolute atomic E-state index is 0.185. The van der Waals surface area contributed by atoms with Gasteiger partial charge in [-0.25, -0.2) is 0 Å². The fourth-order valence-electron chi connectivity index (χ4n) is 3.57. The third-order valence-electron chi connectivity index (χ3n) is 5.12. The molecule has 0 atom stereocenters. The van der Waals surface area contributed by atoms with Gasteiger partial charge in [0.05, 0.1) is 17.7 Å². The van der Waals surface area contributed by atoms with Crippen LogP contribution in [0.4, 0.5) is 13.2 Å². The molecule has 6 nitrogen and oxygen atoms in total. The maximum Gasteiger partial charge on any atom is 0.417 e. The van der Waals surface area contributed by atoms with Crippen LogP contribution in [0.5, 0.6) is 11.5 Å². The Hall–Kier alpha value is -3.23. The van der Waals surface area contributed by atoms with Gasteiger partial charge in [-0.3, -0.25) is 9.59 Å². The highest BCUT2D eigenvalue weighted by Gasteiger charge is 2.36. The normalized spacial score (nSPS) is 14.7. The molecule has 0 aliphatic carbocycles. The lowest BCUT2D eigenvalue weighted by Gasteiger charge is -2.33. The number of piperidine rings is 1. The first kappa shape index (κ1) is 23.4. The van der Waals surface area contributed by atoms with E-state index in [-0.39, 0.29) is 37.2 Å². The number of carbonyl (C=O) groups is 2. The van der Waals surface area contributed by atoms with Crippen molar-refractivity contribution in [1.29, 1.82) is 0 Å². The Bertz CT molecular complexity index is 941. The van der Waals surface area contributed by atoms with Gasteiger partial charge in [-0.05, 0) is 44.0 Å². The molecular weight excluding hydrogens is 425 g/mol. The number of hydrogen-bond donors (Lipinski definition) is 1. The number of para-hydroxylation sites is 2. The summed E-state index contributed by atoms with van der Waals surface area (Å²) in [5.74, 6) is 0.0454. The predicted octanol–water partition coefficient (Wildman–Crippen LogP) is 3.90. The van der Waals surface area contributed by atoms with E-state index in [1.807, 2.05) is 6.92 Å². The van der Waals surface area contributed by atoms with Crippen molar-refractivity contribution < 1.29 is 32.2 Å². The number of nitrogens with one attached hydrogen (secondary N) is 1. The van der Waals surface area contributed by atoms with E-state index in [0.29, 0.717) is 30.9 Å². The van der Waals surface area contributed by atoms with Gasteiger partial charge >= 0.3 is 6.18 Å². The van der Waals surface area contributed by atoms with E-state index in [1.165, 1.54) is 23.1 Å². The summed E-state index contributed by atoms with van der Waals surface area (Å²) in [6.07, 6.45) is -3.71. The second-order valence-electron chi connectivity index (χ2n) is 7.35. The highest BCUT2D eigenvalue weighted by Crippen LogP contribution is 2.32. The average molecular weight is 450 g/mol. The number of carbonyl (C=O) groups excluding carboxylic acids is 2. The first-order chi connectivity index (χ1) is 15.3. The molecule has 32 heavy (non-hydrogen) atoms. The number of alkyl halides is 3. The molecule has 9 heteroatoms. The van der Waals surface area contributed by atoms with Crippen LogP contribution in [0.1, 0.15) is 35.7 Å². The third kappa shape index (κ3) is 5.93. The number of halogens is 3. The van der Waals surface area contributed by atoms with Crippen LogP contribution in [-0.4, -0.2) is 49.1 Å². The first-order valence-electron chi connectivity index (χ1n) is 10.4. The fourth-order valence-corrected chi connectivity index (χ4v) is 3.57. The lowest BCUT2D eigenvalue weighted by atomic mass is 10.0. The molecule has 2 amide bonds. The van der Waals surface area contributed by atoms with E-state index in [1.54, 1.807) is 24.3 Å². The van der Waals surface area contributed by atoms with E-state index in [0.717, 1.165) is 6.07 Å². The molecule has 1 N–H and O–H groups in total. The van der Waals surface area contributed by atoms with Gasteiger partial charge in [0.1, 0.15) is 0 Å². The number of rotatable bonds is 7. The zero-order chi connectivity index (χ0) is 23.1. The lowest BCUT2D eigenvalue weighted by Crippen LogP contribution is -2.47. The van der Waals surface area contributed by atoms with Crippen LogP contribution in [0.2, 0.25) is 0 Å². The SMILES string of the molecule is CCOc1ccccc1OCC(=O)NC1CCN(C(=O)c2ccccc2C(F)(F)F)CC1.